The Balaban J connectivity index is 1.39. The van der Waals surface area contributed by atoms with Gasteiger partial charge in [-0.1, -0.05) is 36.4 Å². The van der Waals surface area contributed by atoms with Crippen molar-refractivity contribution in [2.45, 2.75) is 29.4 Å². The Hall–Kier alpha value is -3.82. The average Bonchev–Trinajstić information content (AvgIpc) is 2.89. The van der Waals surface area contributed by atoms with Crippen LogP contribution in [0.3, 0.4) is 0 Å². The molecule has 1 amide bonds. The van der Waals surface area contributed by atoms with Gasteiger partial charge in [-0.25, -0.2) is 4.79 Å². The second-order valence-corrected chi connectivity index (χ2v) is 11.0. The Bertz CT molecular complexity index is 1510. The molecule has 0 saturated heterocycles. The lowest BCUT2D eigenvalue weighted by molar-refractivity contribution is 0.0921. The molecular weight excluding hydrogens is 552 g/mol. The van der Waals surface area contributed by atoms with Crippen LogP contribution in [0.2, 0.25) is 0 Å². The standard InChI is InChI=1S/C25H26N2O10S2/c28-24(19-9-7-18(8-10-19)17-36-25(29)37-21-5-2-1-3-6-21)27-14-4-13-26-16-20-11-12-22(38(30,31)32)15-23(20)39(33,34)35/h1-3,5-12,15,26H,4,13-14,16-17H2,(H,27,28)(H,30,31,32)(H,33,34,35). The van der Waals surface area contributed by atoms with Crippen molar-refractivity contribution in [3.05, 3.63) is 89.5 Å². The van der Waals surface area contributed by atoms with Crippen molar-refractivity contribution in [1.29, 1.82) is 0 Å². The molecule has 0 fully saturated rings. The van der Waals surface area contributed by atoms with Crippen molar-refractivity contribution in [2.24, 2.45) is 0 Å². The molecule has 3 aromatic carbocycles. The Labute approximate surface area is 225 Å². The van der Waals surface area contributed by atoms with Gasteiger partial charge < -0.3 is 20.1 Å². The third kappa shape index (κ3) is 9.46. The van der Waals surface area contributed by atoms with Crippen LogP contribution in [0.15, 0.2) is 82.6 Å². The minimum atomic E-state index is -4.73. The zero-order valence-corrected chi connectivity index (χ0v) is 22.1. The number of nitrogens with one attached hydrogen (secondary N) is 2. The van der Waals surface area contributed by atoms with E-state index in [1.54, 1.807) is 54.6 Å². The molecule has 208 valence electrons. The first-order chi connectivity index (χ1) is 18.4. The van der Waals surface area contributed by atoms with Crippen molar-refractivity contribution in [3.63, 3.8) is 0 Å². The first-order valence-electron chi connectivity index (χ1n) is 11.5. The highest BCUT2D eigenvalue weighted by Gasteiger charge is 2.20. The molecule has 0 aliphatic heterocycles. The highest BCUT2D eigenvalue weighted by atomic mass is 32.2. The van der Waals surface area contributed by atoms with Crippen LogP contribution in [0.4, 0.5) is 4.79 Å². The molecule has 0 atom stereocenters. The zero-order chi connectivity index (χ0) is 28.5. The van der Waals surface area contributed by atoms with Gasteiger partial charge in [0.2, 0.25) is 0 Å². The maximum Gasteiger partial charge on any atom is 0.514 e. The number of ether oxygens (including phenoxy) is 2. The fraction of sp³-hybridized carbons (Fsp3) is 0.200. The number of carbonyl (C=O) groups excluding carboxylic acids is 2. The number of para-hydroxylation sites is 1. The average molecular weight is 579 g/mol. The summed E-state index contributed by atoms with van der Waals surface area (Å²) in [5.74, 6) is 0.0438. The first-order valence-corrected chi connectivity index (χ1v) is 14.4. The van der Waals surface area contributed by atoms with E-state index in [1.165, 1.54) is 6.07 Å². The normalized spacial score (nSPS) is 11.5. The maximum absolute atomic E-state index is 12.3. The van der Waals surface area contributed by atoms with Crippen molar-refractivity contribution >= 4 is 32.3 Å². The molecule has 3 aromatic rings. The molecule has 3 rings (SSSR count). The molecule has 0 heterocycles. The zero-order valence-electron chi connectivity index (χ0n) is 20.4. The number of hydrogen-bond acceptors (Lipinski definition) is 9. The second kappa shape index (κ2) is 13.3. The number of benzene rings is 3. The lowest BCUT2D eigenvalue weighted by atomic mass is 10.1. The molecule has 12 nitrogen and oxygen atoms in total. The highest BCUT2D eigenvalue weighted by molar-refractivity contribution is 7.86. The molecule has 0 radical (unpaired) electrons. The molecule has 0 bridgehead atoms. The molecule has 0 saturated carbocycles. The Kier molecular flexibility index (Phi) is 10.1. The third-order valence-electron chi connectivity index (χ3n) is 5.26. The molecule has 39 heavy (non-hydrogen) atoms. The van der Waals surface area contributed by atoms with E-state index in [1.807, 2.05) is 0 Å². The fourth-order valence-corrected chi connectivity index (χ4v) is 4.66. The number of hydrogen-bond donors (Lipinski definition) is 4. The number of carbonyl (C=O) groups is 2. The summed E-state index contributed by atoms with van der Waals surface area (Å²) in [7, 11) is -9.38. The lowest BCUT2D eigenvalue weighted by Gasteiger charge is -2.11. The summed E-state index contributed by atoms with van der Waals surface area (Å²) in [6.45, 7) is 0.615. The fourth-order valence-electron chi connectivity index (χ4n) is 3.33. The van der Waals surface area contributed by atoms with Crippen molar-refractivity contribution in [3.8, 4) is 5.75 Å². The van der Waals surface area contributed by atoms with E-state index in [9.17, 15) is 31.0 Å². The SMILES string of the molecule is O=C(OCc1ccc(C(=O)NCCCNCc2ccc(S(=O)(=O)O)cc2S(=O)(=O)O)cc1)Oc1ccccc1. The molecular formula is C25H26N2O10S2. The van der Waals surface area contributed by atoms with Gasteiger partial charge in [0.05, 0.1) is 9.79 Å². The van der Waals surface area contributed by atoms with E-state index < -0.39 is 36.2 Å². The van der Waals surface area contributed by atoms with Gasteiger partial charge in [0.15, 0.2) is 0 Å². The Morgan fingerprint density at radius 2 is 1.51 bits per heavy atom. The monoisotopic (exact) mass is 578 g/mol. The van der Waals surface area contributed by atoms with Crippen LogP contribution < -0.4 is 15.4 Å². The van der Waals surface area contributed by atoms with E-state index >= 15 is 0 Å². The van der Waals surface area contributed by atoms with Gasteiger partial charge in [0.1, 0.15) is 12.4 Å². The van der Waals surface area contributed by atoms with Gasteiger partial charge in [-0.15, -0.1) is 0 Å². The van der Waals surface area contributed by atoms with Crippen LogP contribution in [-0.2, 0) is 38.1 Å². The molecule has 0 aromatic heterocycles. The molecule has 0 aliphatic rings. The maximum atomic E-state index is 12.3. The topological polar surface area (TPSA) is 185 Å². The molecule has 0 aliphatic carbocycles. The smallest absolute Gasteiger partial charge is 0.429 e. The van der Waals surface area contributed by atoms with Crippen molar-refractivity contribution in [1.82, 2.24) is 10.6 Å². The predicted molar refractivity (Wildman–Crippen MR) is 138 cm³/mol. The molecule has 14 heteroatoms. The summed E-state index contributed by atoms with van der Waals surface area (Å²) in [5, 5.41) is 5.68. The molecule has 4 N–H and O–H groups in total. The summed E-state index contributed by atoms with van der Waals surface area (Å²) in [5.41, 5.74) is 1.16. The summed E-state index contributed by atoms with van der Waals surface area (Å²) >= 11 is 0. The van der Waals surface area contributed by atoms with Crippen LogP contribution in [0, 0.1) is 0 Å². The van der Waals surface area contributed by atoms with E-state index in [-0.39, 0.29) is 24.6 Å². The largest absolute Gasteiger partial charge is 0.514 e. The van der Waals surface area contributed by atoms with Crippen LogP contribution >= 0.6 is 0 Å². The predicted octanol–water partition coefficient (Wildman–Crippen LogP) is 2.81. The van der Waals surface area contributed by atoms with E-state index in [4.69, 9.17) is 14.0 Å². The van der Waals surface area contributed by atoms with E-state index in [0.29, 0.717) is 42.5 Å². The van der Waals surface area contributed by atoms with Gasteiger partial charge in [0.25, 0.3) is 26.1 Å². The molecule has 0 spiro atoms. The third-order valence-corrected chi connectivity index (χ3v) is 7.05. The molecule has 0 unspecified atom stereocenters. The van der Waals surface area contributed by atoms with E-state index in [0.717, 1.165) is 6.07 Å². The lowest BCUT2D eigenvalue weighted by Crippen LogP contribution is -2.27. The second-order valence-electron chi connectivity index (χ2n) is 8.16. The summed E-state index contributed by atoms with van der Waals surface area (Å²) in [6, 6.07) is 17.8. The van der Waals surface area contributed by atoms with Gasteiger partial charge in [-0.05, 0) is 60.5 Å². The van der Waals surface area contributed by atoms with Crippen molar-refractivity contribution < 1.29 is 45.0 Å². The van der Waals surface area contributed by atoms with Gasteiger partial charge in [0, 0.05) is 18.7 Å². The summed E-state index contributed by atoms with van der Waals surface area (Å²) in [6.07, 6.45) is -0.369. The van der Waals surface area contributed by atoms with E-state index in [2.05, 4.69) is 10.6 Å². The van der Waals surface area contributed by atoms with Crippen LogP contribution in [-0.4, -0.2) is 51.1 Å². The minimum absolute atomic E-state index is 0.0166. The van der Waals surface area contributed by atoms with Gasteiger partial charge in [-0.3, -0.25) is 13.9 Å². The van der Waals surface area contributed by atoms with Crippen LogP contribution in [0.1, 0.15) is 27.9 Å². The van der Waals surface area contributed by atoms with Crippen LogP contribution in [0.5, 0.6) is 5.75 Å². The van der Waals surface area contributed by atoms with Crippen LogP contribution in [0.25, 0.3) is 0 Å². The van der Waals surface area contributed by atoms with Gasteiger partial charge >= 0.3 is 6.16 Å². The number of amides is 1. The quantitative estimate of drug-likeness (QED) is 0.107. The Morgan fingerprint density at radius 1 is 0.821 bits per heavy atom. The van der Waals surface area contributed by atoms with Gasteiger partial charge in [-0.2, -0.15) is 16.8 Å². The summed E-state index contributed by atoms with van der Waals surface area (Å²) in [4.78, 5) is 22.8. The highest BCUT2D eigenvalue weighted by Crippen LogP contribution is 2.20. The Morgan fingerprint density at radius 3 is 2.15 bits per heavy atom. The minimum Gasteiger partial charge on any atom is -0.429 e. The number of rotatable bonds is 12. The summed E-state index contributed by atoms with van der Waals surface area (Å²) < 4.78 is 74.3. The first kappa shape index (κ1) is 29.7. The van der Waals surface area contributed by atoms with Crippen molar-refractivity contribution in [2.75, 3.05) is 13.1 Å².